The van der Waals surface area contributed by atoms with Crippen LogP contribution in [0.4, 0.5) is 0 Å². The Kier molecular flexibility index (Phi) is 2.15. The monoisotopic (exact) mass is 226 g/mol. The lowest BCUT2D eigenvalue weighted by Gasteiger charge is -2.00. The van der Waals surface area contributed by atoms with Gasteiger partial charge in [-0.25, -0.2) is 0 Å². The lowest BCUT2D eigenvalue weighted by atomic mass is 10.1. The van der Waals surface area contributed by atoms with E-state index < -0.39 is 0 Å². The summed E-state index contributed by atoms with van der Waals surface area (Å²) < 4.78 is 1.12. The van der Waals surface area contributed by atoms with Gasteiger partial charge in [0.1, 0.15) is 0 Å². The van der Waals surface area contributed by atoms with Crippen LogP contribution < -0.4 is 5.73 Å². The molecule has 1 saturated carbocycles. The normalized spacial score (nSPS) is 27.2. The minimum Gasteiger partial charge on any atom is -0.330 e. The first-order valence-corrected chi connectivity index (χ1v) is 4.91. The zero-order chi connectivity index (χ0) is 8.55. The highest BCUT2D eigenvalue weighted by Crippen LogP contribution is 2.48. The number of halogens is 1. The first kappa shape index (κ1) is 8.20. The smallest absolute Gasteiger partial charge is 0.0413 e. The molecule has 0 unspecified atom stereocenters. The van der Waals surface area contributed by atoms with Crippen molar-refractivity contribution in [2.24, 2.45) is 11.7 Å². The number of aromatic nitrogens is 1. The third-order valence-corrected chi connectivity index (χ3v) is 3.09. The third-order valence-electron chi connectivity index (χ3n) is 2.43. The lowest BCUT2D eigenvalue weighted by Crippen LogP contribution is -2.02. The Morgan fingerprint density at radius 3 is 3.08 bits per heavy atom. The van der Waals surface area contributed by atoms with Crippen molar-refractivity contribution >= 4 is 15.9 Å². The van der Waals surface area contributed by atoms with Crippen LogP contribution >= 0.6 is 15.9 Å². The average Bonchev–Trinajstić information content (AvgIpc) is 2.84. The van der Waals surface area contributed by atoms with Gasteiger partial charge in [-0.1, -0.05) is 0 Å². The third kappa shape index (κ3) is 1.39. The maximum absolute atomic E-state index is 5.58. The molecule has 0 aromatic carbocycles. The first-order chi connectivity index (χ1) is 5.83. The molecule has 0 amide bonds. The topological polar surface area (TPSA) is 38.9 Å². The molecule has 12 heavy (non-hydrogen) atoms. The van der Waals surface area contributed by atoms with Crippen molar-refractivity contribution in [3.63, 3.8) is 0 Å². The van der Waals surface area contributed by atoms with E-state index in [0.717, 1.165) is 11.0 Å². The standard InChI is InChI=1S/C9H11BrN2/c10-9-5-12-2-1-7(9)8-3-6(8)4-11/h1-2,5-6,8H,3-4,11H2/t6-,8+/m0/s1. The van der Waals surface area contributed by atoms with E-state index in [4.69, 9.17) is 5.73 Å². The molecule has 1 heterocycles. The van der Waals surface area contributed by atoms with E-state index in [2.05, 4.69) is 27.0 Å². The summed E-state index contributed by atoms with van der Waals surface area (Å²) in [6.07, 6.45) is 4.92. The Balaban J connectivity index is 2.19. The molecular formula is C9H11BrN2. The Labute approximate surface area is 80.3 Å². The van der Waals surface area contributed by atoms with Crippen molar-refractivity contribution in [1.82, 2.24) is 4.98 Å². The van der Waals surface area contributed by atoms with Gasteiger partial charge >= 0.3 is 0 Å². The Morgan fingerprint density at radius 1 is 1.67 bits per heavy atom. The molecule has 0 saturated heterocycles. The predicted octanol–water partition coefficient (Wildman–Crippen LogP) is 1.91. The van der Waals surface area contributed by atoms with Crippen LogP contribution in [0.2, 0.25) is 0 Å². The van der Waals surface area contributed by atoms with E-state index in [1.165, 1.54) is 12.0 Å². The zero-order valence-corrected chi connectivity index (χ0v) is 8.29. The second kappa shape index (κ2) is 3.15. The summed E-state index contributed by atoms with van der Waals surface area (Å²) in [5.74, 6) is 1.37. The summed E-state index contributed by atoms with van der Waals surface area (Å²) in [4.78, 5) is 4.03. The van der Waals surface area contributed by atoms with Crippen molar-refractivity contribution < 1.29 is 0 Å². The van der Waals surface area contributed by atoms with Gasteiger partial charge in [-0.05, 0) is 52.4 Å². The van der Waals surface area contributed by atoms with Crippen molar-refractivity contribution in [2.75, 3.05) is 6.54 Å². The van der Waals surface area contributed by atoms with Gasteiger partial charge in [-0.2, -0.15) is 0 Å². The fourth-order valence-corrected chi connectivity index (χ4v) is 2.12. The number of hydrogen-bond acceptors (Lipinski definition) is 2. The van der Waals surface area contributed by atoms with Gasteiger partial charge in [-0.15, -0.1) is 0 Å². The molecular weight excluding hydrogens is 216 g/mol. The zero-order valence-electron chi connectivity index (χ0n) is 6.70. The van der Waals surface area contributed by atoms with Crippen LogP contribution in [0.25, 0.3) is 0 Å². The summed E-state index contributed by atoms with van der Waals surface area (Å²) in [5.41, 5.74) is 6.94. The van der Waals surface area contributed by atoms with E-state index in [1.54, 1.807) is 0 Å². The Morgan fingerprint density at radius 2 is 2.50 bits per heavy atom. The largest absolute Gasteiger partial charge is 0.330 e. The van der Waals surface area contributed by atoms with Crippen LogP contribution in [0.5, 0.6) is 0 Å². The van der Waals surface area contributed by atoms with Crippen LogP contribution in [0, 0.1) is 5.92 Å². The molecule has 2 atom stereocenters. The Hall–Kier alpha value is -0.410. The molecule has 64 valence electrons. The van der Waals surface area contributed by atoms with Crippen molar-refractivity contribution in [2.45, 2.75) is 12.3 Å². The van der Waals surface area contributed by atoms with E-state index >= 15 is 0 Å². The van der Waals surface area contributed by atoms with Crippen LogP contribution in [-0.2, 0) is 0 Å². The second-order valence-electron chi connectivity index (χ2n) is 3.24. The summed E-state index contributed by atoms with van der Waals surface area (Å²) in [6, 6.07) is 2.07. The number of nitrogens with two attached hydrogens (primary N) is 1. The summed E-state index contributed by atoms with van der Waals surface area (Å²) in [5, 5.41) is 0. The Bertz CT molecular complexity index is 288. The molecule has 3 heteroatoms. The maximum atomic E-state index is 5.58. The van der Waals surface area contributed by atoms with E-state index in [9.17, 15) is 0 Å². The SMILES string of the molecule is NC[C@@H]1C[C@H]1c1ccncc1Br. The van der Waals surface area contributed by atoms with Crippen LogP contribution in [-0.4, -0.2) is 11.5 Å². The summed E-state index contributed by atoms with van der Waals surface area (Å²) >= 11 is 3.49. The van der Waals surface area contributed by atoms with E-state index in [-0.39, 0.29) is 0 Å². The highest BCUT2D eigenvalue weighted by Gasteiger charge is 2.37. The predicted molar refractivity (Wildman–Crippen MR) is 51.8 cm³/mol. The molecule has 1 fully saturated rings. The fraction of sp³-hybridized carbons (Fsp3) is 0.444. The molecule has 0 spiro atoms. The number of hydrogen-bond donors (Lipinski definition) is 1. The molecule has 1 aliphatic carbocycles. The highest BCUT2D eigenvalue weighted by atomic mass is 79.9. The maximum Gasteiger partial charge on any atom is 0.0413 e. The highest BCUT2D eigenvalue weighted by molar-refractivity contribution is 9.10. The molecule has 0 radical (unpaired) electrons. The van der Waals surface area contributed by atoms with Crippen molar-refractivity contribution in [3.05, 3.63) is 28.5 Å². The minimum absolute atomic E-state index is 0.673. The molecule has 2 rings (SSSR count). The average molecular weight is 227 g/mol. The van der Waals surface area contributed by atoms with Gasteiger partial charge in [0.2, 0.25) is 0 Å². The molecule has 1 aromatic rings. The van der Waals surface area contributed by atoms with Crippen LogP contribution in [0.15, 0.2) is 22.9 Å². The van der Waals surface area contributed by atoms with E-state index in [0.29, 0.717) is 11.8 Å². The molecule has 1 aromatic heterocycles. The van der Waals surface area contributed by atoms with Crippen molar-refractivity contribution in [1.29, 1.82) is 0 Å². The molecule has 2 nitrogen and oxygen atoms in total. The van der Waals surface area contributed by atoms with Gasteiger partial charge in [0.25, 0.3) is 0 Å². The minimum atomic E-state index is 0.673. The lowest BCUT2D eigenvalue weighted by molar-refractivity contribution is 0.807. The fourth-order valence-electron chi connectivity index (χ4n) is 1.58. The summed E-state index contributed by atoms with van der Waals surface area (Å²) in [7, 11) is 0. The van der Waals surface area contributed by atoms with Gasteiger partial charge in [0.05, 0.1) is 0 Å². The quantitative estimate of drug-likeness (QED) is 0.838. The van der Waals surface area contributed by atoms with Crippen LogP contribution in [0.1, 0.15) is 17.9 Å². The molecule has 0 aliphatic heterocycles. The summed E-state index contributed by atoms with van der Waals surface area (Å²) in [6.45, 7) is 0.805. The number of nitrogens with zero attached hydrogens (tertiary/aromatic N) is 1. The first-order valence-electron chi connectivity index (χ1n) is 4.12. The number of rotatable bonds is 2. The van der Waals surface area contributed by atoms with Gasteiger partial charge < -0.3 is 5.73 Å². The van der Waals surface area contributed by atoms with Gasteiger partial charge in [0, 0.05) is 16.9 Å². The van der Waals surface area contributed by atoms with Crippen molar-refractivity contribution in [3.8, 4) is 0 Å². The molecule has 0 bridgehead atoms. The second-order valence-corrected chi connectivity index (χ2v) is 4.09. The van der Waals surface area contributed by atoms with Crippen LogP contribution in [0.3, 0.4) is 0 Å². The van der Waals surface area contributed by atoms with Gasteiger partial charge in [-0.3, -0.25) is 4.98 Å². The molecule has 1 aliphatic rings. The molecule has 2 N–H and O–H groups in total. The number of pyridine rings is 1. The van der Waals surface area contributed by atoms with Gasteiger partial charge in [0.15, 0.2) is 0 Å². The van der Waals surface area contributed by atoms with E-state index in [1.807, 2.05) is 12.4 Å².